The van der Waals surface area contributed by atoms with E-state index in [0.29, 0.717) is 12.1 Å². The number of amides is 1. The third kappa shape index (κ3) is 4.68. The highest BCUT2D eigenvalue weighted by Crippen LogP contribution is 2.31. The molecule has 0 spiro atoms. The smallest absolute Gasteiger partial charge is 0.265 e. The van der Waals surface area contributed by atoms with Crippen LogP contribution in [0.3, 0.4) is 0 Å². The Morgan fingerprint density at radius 1 is 1.23 bits per heavy atom. The zero-order valence-corrected chi connectivity index (χ0v) is 16.3. The fourth-order valence-electron chi connectivity index (χ4n) is 2.16. The summed E-state index contributed by atoms with van der Waals surface area (Å²) in [5.41, 5.74) is 0.626. The third-order valence-corrected chi connectivity index (χ3v) is 5.62. The molecule has 0 aliphatic heterocycles. The van der Waals surface area contributed by atoms with E-state index in [-0.39, 0.29) is 33.2 Å². The lowest BCUT2D eigenvalue weighted by Crippen LogP contribution is -2.20. The Morgan fingerprint density at radius 2 is 1.92 bits per heavy atom. The SMILES string of the molecule is CCC(C)C(=O)Nc1ccc(OC)c(S(=O)(=O)Nc2ccccc2Cl)c1. The van der Waals surface area contributed by atoms with Crippen molar-refractivity contribution in [2.75, 3.05) is 17.1 Å². The van der Waals surface area contributed by atoms with Gasteiger partial charge in [0.05, 0.1) is 17.8 Å². The van der Waals surface area contributed by atoms with Crippen molar-refractivity contribution in [2.24, 2.45) is 5.92 Å². The van der Waals surface area contributed by atoms with E-state index in [4.69, 9.17) is 16.3 Å². The van der Waals surface area contributed by atoms with Crippen LogP contribution in [0, 0.1) is 5.92 Å². The number of carbonyl (C=O) groups excluding carboxylic acids is 1. The number of anilines is 2. The van der Waals surface area contributed by atoms with Gasteiger partial charge >= 0.3 is 0 Å². The number of sulfonamides is 1. The quantitative estimate of drug-likeness (QED) is 0.736. The second-order valence-electron chi connectivity index (χ2n) is 5.75. The van der Waals surface area contributed by atoms with E-state index in [0.717, 1.165) is 0 Å². The lowest BCUT2D eigenvalue weighted by molar-refractivity contribution is -0.119. The molecule has 0 bridgehead atoms. The lowest BCUT2D eigenvalue weighted by atomic mass is 10.1. The van der Waals surface area contributed by atoms with Crippen LogP contribution in [0.4, 0.5) is 11.4 Å². The molecule has 1 amide bonds. The topological polar surface area (TPSA) is 84.5 Å². The highest BCUT2D eigenvalue weighted by molar-refractivity contribution is 7.92. The highest BCUT2D eigenvalue weighted by Gasteiger charge is 2.22. The zero-order valence-electron chi connectivity index (χ0n) is 14.7. The van der Waals surface area contributed by atoms with Crippen LogP contribution in [0.2, 0.25) is 5.02 Å². The second kappa shape index (κ2) is 8.42. The van der Waals surface area contributed by atoms with Crippen molar-refractivity contribution in [1.82, 2.24) is 0 Å². The summed E-state index contributed by atoms with van der Waals surface area (Å²) in [6.45, 7) is 3.71. The number of methoxy groups -OCH3 is 1. The van der Waals surface area contributed by atoms with E-state index < -0.39 is 10.0 Å². The maximum atomic E-state index is 12.8. The molecule has 1 atom stereocenters. The number of nitrogens with one attached hydrogen (secondary N) is 2. The van der Waals surface area contributed by atoms with Crippen LogP contribution < -0.4 is 14.8 Å². The molecule has 0 fully saturated rings. The monoisotopic (exact) mass is 396 g/mol. The Labute approximate surface area is 158 Å². The largest absolute Gasteiger partial charge is 0.495 e. The predicted octanol–water partition coefficient (Wildman–Crippen LogP) is 4.13. The van der Waals surface area contributed by atoms with Gasteiger partial charge in [-0.3, -0.25) is 9.52 Å². The normalized spacial score (nSPS) is 12.3. The first-order chi connectivity index (χ1) is 12.3. The van der Waals surface area contributed by atoms with Gasteiger partial charge in [-0.1, -0.05) is 37.6 Å². The number of rotatable bonds is 7. The van der Waals surface area contributed by atoms with Gasteiger partial charge in [-0.05, 0) is 36.8 Å². The van der Waals surface area contributed by atoms with E-state index in [9.17, 15) is 13.2 Å². The molecule has 0 aromatic heterocycles. The van der Waals surface area contributed by atoms with Crippen LogP contribution in [0.5, 0.6) is 5.75 Å². The van der Waals surface area contributed by atoms with E-state index in [1.54, 1.807) is 37.3 Å². The fourth-order valence-corrected chi connectivity index (χ4v) is 3.67. The van der Waals surface area contributed by atoms with Crippen LogP contribution >= 0.6 is 11.6 Å². The van der Waals surface area contributed by atoms with Gasteiger partial charge < -0.3 is 10.1 Å². The zero-order chi connectivity index (χ0) is 19.3. The van der Waals surface area contributed by atoms with Crippen LogP contribution in [0.25, 0.3) is 0 Å². The Morgan fingerprint density at radius 3 is 2.54 bits per heavy atom. The van der Waals surface area contributed by atoms with Crippen molar-refractivity contribution in [3.8, 4) is 5.75 Å². The Bertz CT molecular complexity index is 900. The van der Waals surface area contributed by atoms with Crippen LogP contribution in [-0.2, 0) is 14.8 Å². The molecule has 0 aliphatic carbocycles. The molecule has 0 heterocycles. The predicted molar refractivity (Wildman–Crippen MR) is 103 cm³/mol. The van der Waals surface area contributed by atoms with Gasteiger partial charge in [-0.15, -0.1) is 0 Å². The summed E-state index contributed by atoms with van der Waals surface area (Å²) in [5, 5.41) is 2.99. The number of hydrogen-bond acceptors (Lipinski definition) is 4. The van der Waals surface area contributed by atoms with E-state index in [1.165, 1.54) is 19.2 Å². The minimum atomic E-state index is -3.97. The van der Waals surface area contributed by atoms with Gasteiger partial charge in [-0.2, -0.15) is 0 Å². The molecule has 6 nitrogen and oxygen atoms in total. The first-order valence-corrected chi connectivity index (χ1v) is 9.90. The van der Waals surface area contributed by atoms with Crippen molar-refractivity contribution >= 4 is 38.9 Å². The Kier molecular flexibility index (Phi) is 6.50. The van der Waals surface area contributed by atoms with E-state index in [2.05, 4.69) is 10.0 Å². The molecule has 0 saturated heterocycles. The maximum absolute atomic E-state index is 12.8. The Balaban J connectivity index is 2.38. The number of hydrogen-bond donors (Lipinski definition) is 2. The Hall–Kier alpha value is -2.25. The third-order valence-electron chi connectivity index (χ3n) is 3.90. The summed E-state index contributed by atoms with van der Waals surface area (Å²) in [6, 6.07) is 11.0. The van der Waals surface area contributed by atoms with Gasteiger partial charge in [0.15, 0.2) is 0 Å². The van der Waals surface area contributed by atoms with Crippen LogP contribution in [0.1, 0.15) is 20.3 Å². The number of para-hydroxylation sites is 1. The van der Waals surface area contributed by atoms with Gasteiger partial charge in [0.2, 0.25) is 5.91 Å². The molecule has 0 aliphatic rings. The van der Waals surface area contributed by atoms with Gasteiger partial charge in [0.1, 0.15) is 10.6 Å². The minimum Gasteiger partial charge on any atom is -0.495 e. The van der Waals surface area contributed by atoms with Crippen molar-refractivity contribution in [2.45, 2.75) is 25.2 Å². The summed E-state index contributed by atoms with van der Waals surface area (Å²) >= 11 is 6.03. The summed E-state index contributed by atoms with van der Waals surface area (Å²) in [5.74, 6) is -0.204. The summed E-state index contributed by atoms with van der Waals surface area (Å²) in [4.78, 5) is 12.0. The van der Waals surface area contributed by atoms with Crippen molar-refractivity contribution in [3.05, 3.63) is 47.5 Å². The van der Waals surface area contributed by atoms with E-state index in [1.807, 2.05) is 6.92 Å². The van der Waals surface area contributed by atoms with Gasteiger partial charge in [-0.25, -0.2) is 8.42 Å². The van der Waals surface area contributed by atoms with Crippen LogP contribution in [-0.4, -0.2) is 21.4 Å². The highest BCUT2D eigenvalue weighted by atomic mass is 35.5. The summed E-state index contributed by atoms with van der Waals surface area (Å²) in [7, 11) is -2.60. The molecule has 2 N–H and O–H groups in total. The maximum Gasteiger partial charge on any atom is 0.265 e. The van der Waals surface area contributed by atoms with Crippen molar-refractivity contribution in [1.29, 1.82) is 0 Å². The molecule has 2 aromatic rings. The fraction of sp³-hybridized carbons (Fsp3) is 0.278. The van der Waals surface area contributed by atoms with E-state index >= 15 is 0 Å². The number of ether oxygens (including phenoxy) is 1. The minimum absolute atomic E-state index is 0.0955. The summed E-state index contributed by atoms with van der Waals surface area (Å²) < 4.78 is 33.2. The number of carbonyl (C=O) groups is 1. The lowest BCUT2D eigenvalue weighted by Gasteiger charge is -2.15. The summed E-state index contributed by atoms with van der Waals surface area (Å²) in [6.07, 6.45) is 0.682. The molecular formula is C18H21ClN2O4S. The van der Waals surface area contributed by atoms with Crippen molar-refractivity contribution < 1.29 is 17.9 Å². The standard InChI is InChI=1S/C18H21ClN2O4S/c1-4-12(2)18(22)20-13-9-10-16(25-3)17(11-13)26(23,24)21-15-8-6-5-7-14(15)19/h5-12,21H,4H2,1-3H3,(H,20,22). The first-order valence-electron chi connectivity index (χ1n) is 8.04. The average molecular weight is 397 g/mol. The molecular weight excluding hydrogens is 376 g/mol. The molecule has 8 heteroatoms. The molecule has 140 valence electrons. The number of benzene rings is 2. The molecule has 0 radical (unpaired) electrons. The second-order valence-corrected chi connectivity index (χ2v) is 7.81. The van der Waals surface area contributed by atoms with Crippen LogP contribution in [0.15, 0.2) is 47.4 Å². The van der Waals surface area contributed by atoms with Gasteiger partial charge in [0.25, 0.3) is 10.0 Å². The van der Waals surface area contributed by atoms with Gasteiger partial charge in [0, 0.05) is 11.6 Å². The van der Waals surface area contributed by atoms with Crippen molar-refractivity contribution in [3.63, 3.8) is 0 Å². The average Bonchev–Trinajstić information content (AvgIpc) is 2.62. The number of halogens is 1. The molecule has 2 aromatic carbocycles. The molecule has 0 saturated carbocycles. The molecule has 2 rings (SSSR count). The first kappa shape index (κ1) is 20.1. The molecule has 1 unspecified atom stereocenters. The molecule has 26 heavy (non-hydrogen) atoms.